The minimum atomic E-state index is -0.955. The van der Waals surface area contributed by atoms with E-state index in [9.17, 15) is 9.90 Å². The number of amides is 1. The van der Waals surface area contributed by atoms with E-state index in [2.05, 4.69) is 43.2 Å². The summed E-state index contributed by atoms with van der Waals surface area (Å²) >= 11 is 8.11. The Kier molecular flexibility index (Phi) is 8.70. The topological polar surface area (TPSA) is 118 Å². The summed E-state index contributed by atoms with van der Waals surface area (Å²) in [5, 5.41) is 25.6. The molecule has 1 aromatic carbocycles. The third-order valence-corrected chi connectivity index (χ3v) is 6.81. The molecule has 0 aliphatic heterocycles. The number of nitrogens with zero attached hydrogens (tertiary/aromatic N) is 2. The van der Waals surface area contributed by atoms with Crippen molar-refractivity contribution in [3.63, 3.8) is 0 Å². The van der Waals surface area contributed by atoms with Crippen LogP contribution >= 0.6 is 22.9 Å². The minimum absolute atomic E-state index is 0.0414. The molecule has 3 aromatic rings. The van der Waals surface area contributed by atoms with E-state index in [1.165, 1.54) is 16.0 Å². The summed E-state index contributed by atoms with van der Waals surface area (Å²) < 4.78 is 11.3. The summed E-state index contributed by atoms with van der Waals surface area (Å²) in [4.78, 5) is 17.9. The third-order valence-electron chi connectivity index (χ3n) is 5.29. The van der Waals surface area contributed by atoms with Gasteiger partial charge in [-0.15, -0.1) is 11.3 Å². The molecule has 3 rings (SSSR count). The van der Waals surface area contributed by atoms with Crippen LogP contribution in [0.1, 0.15) is 35.4 Å². The molecule has 0 radical (unpaired) electrons. The fraction of sp³-hybridized carbons (Fsp3) is 0.458. The van der Waals surface area contributed by atoms with Gasteiger partial charge >= 0.3 is 0 Å². The maximum Gasteiger partial charge on any atom is 0.268 e. The largest absolute Gasteiger partial charge is 0.489 e. The first kappa shape index (κ1) is 26.2. The van der Waals surface area contributed by atoms with Gasteiger partial charge in [0.2, 0.25) is 11.7 Å². The molecule has 2 heterocycles. The van der Waals surface area contributed by atoms with E-state index in [0.717, 1.165) is 16.9 Å². The lowest BCUT2D eigenvalue weighted by atomic mass is 9.99. The summed E-state index contributed by atoms with van der Waals surface area (Å²) in [6.45, 7) is 9.70. The van der Waals surface area contributed by atoms with Crippen molar-refractivity contribution >= 4 is 28.8 Å². The van der Waals surface area contributed by atoms with Gasteiger partial charge in [0, 0.05) is 17.0 Å². The van der Waals surface area contributed by atoms with Crippen LogP contribution in [0.5, 0.6) is 5.75 Å². The monoisotopic (exact) mass is 507 g/mol. The molecule has 0 saturated heterocycles. The second kappa shape index (κ2) is 11.3. The first-order valence-electron chi connectivity index (χ1n) is 11.0. The molecule has 0 saturated carbocycles. The molecule has 184 valence electrons. The molecule has 1 unspecified atom stereocenters. The Labute approximate surface area is 207 Å². The third kappa shape index (κ3) is 6.15. The Balaban J connectivity index is 1.76. The van der Waals surface area contributed by atoms with Gasteiger partial charge in [-0.2, -0.15) is 4.98 Å². The Morgan fingerprint density at radius 1 is 1.29 bits per heavy atom. The number of rotatable bonds is 10. The van der Waals surface area contributed by atoms with Crippen LogP contribution in [-0.4, -0.2) is 52.1 Å². The average molecular weight is 508 g/mol. The lowest BCUT2D eigenvalue weighted by Gasteiger charge is -2.16. The Morgan fingerprint density at radius 2 is 2.03 bits per heavy atom. The molecule has 1 amide bonds. The van der Waals surface area contributed by atoms with Gasteiger partial charge in [0.15, 0.2) is 0 Å². The lowest BCUT2D eigenvalue weighted by molar-refractivity contribution is -0.124. The number of aliphatic hydroxyl groups excluding tert-OH is 2. The number of carbonyl (C=O) groups is 1. The molecule has 34 heavy (non-hydrogen) atoms. The average Bonchev–Trinajstić information content (AvgIpc) is 3.37. The lowest BCUT2D eigenvalue weighted by Crippen LogP contribution is -2.36. The summed E-state index contributed by atoms with van der Waals surface area (Å²) in [5.41, 5.74) is 3.95. The predicted octanol–water partition coefficient (Wildman–Crippen LogP) is 4.09. The van der Waals surface area contributed by atoms with Crippen molar-refractivity contribution in [2.75, 3.05) is 19.8 Å². The molecule has 3 N–H and O–H groups in total. The number of ether oxygens (including phenoxy) is 1. The van der Waals surface area contributed by atoms with E-state index >= 15 is 0 Å². The normalized spacial score (nSPS) is 12.3. The second-order valence-corrected chi connectivity index (χ2v) is 10.3. The van der Waals surface area contributed by atoms with E-state index < -0.39 is 18.6 Å². The van der Waals surface area contributed by atoms with Gasteiger partial charge in [0.05, 0.1) is 9.90 Å². The molecule has 10 heteroatoms. The van der Waals surface area contributed by atoms with Gasteiger partial charge in [0.25, 0.3) is 5.89 Å². The van der Waals surface area contributed by atoms with Crippen molar-refractivity contribution in [2.45, 2.75) is 47.1 Å². The molecule has 0 aliphatic rings. The zero-order chi connectivity index (χ0) is 25.0. The summed E-state index contributed by atoms with van der Waals surface area (Å²) in [7, 11) is 0. The Hall–Kier alpha value is -2.46. The summed E-state index contributed by atoms with van der Waals surface area (Å²) in [5.74, 6) is 1.32. The zero-order valence-corrected chi connectivity index (χ0v) is 21.5. The Bertz CT molecular complexity index is 1130. The summed E-state index contributed by atoms with van der Waals surface area (Å²) in [6, 6.07) is 3.53. The van der Waals surface area contributed by atoms with Crippen LogP contribution in [0.4, 0.5) is 0 Å². The van der Waals surface area contributed by atoms with E-state index in [4.69, 9.17) is 26.0 Å². The summed E-state index contributed by atoms with van der Waals surface area (Å²) in [6.07, 6.45) is 0.0528. The second-order valence-electron chi connectivity index (χ2n) is 8.64. The standard InChI is InChI=1S/C24H30ClN3O5S/c1-12(2)6-18-14(4)22(34-15(18)5)24-27-23(28-33-24)16-7-13(3)21(19(25)8-16)32-11-17(30)9-26-20(31)10-29/h7-8,12,17,29-30H,6,9-11H2,1-5H3,(H,26,31). The van der Waals surface area contributed by atoms with E-state index in [1.54, 1.807) is 17.4 Å². The fourth-order valence-corrected chi connectivity index (χ4v) is 5.04. The van der Waals surface area contributed by atoms with Crippen molar-refractivity contribution < 1.29 is 24.3 Å². The van der Waals surface area contributed by atoms with Gasteiger partial charge < -0.3 is 24.8 Å². The van der Waals surface area contributed by atoms with E-state index in [1.807, 2.05) is 13.0 Å². The number of hydrogen-bond donors (Lipinski definition) is 3. The van der Waals surface area contributed by atoms with Gasteiger partial charge in [-0.3, -0.25) is 4.79 Å². The van der Waals surface area contributed by atoms with Crippen molar-refractivity contribution in [1.29, 1.82) is 0 Å². The molecular weight excluding hydrogens is 478 g/mol. The smallest absolute Gasteiger partial charge is 0.268 e. The van der Waals surface area contributed by atoms with Gasteiger partial charge in [0.1, 0.15) is 25.1 Å². The predicted molar refractivity (Wildman–Crippen MR) is 132 cm³/mol. The van der Waals surface area contributed by atoms with Crippen molar-refractivity contribution in [2.24, 2.45) is 5.92 Å². The van der Waals surface area contributed by atoms with Crippen LogP contribution < -0.4 is 10.1 Å². The van der Waals surface area contributed by atoms with Crippen LogP contribution in [0, 0.1) is 26.7 Å². The highest BCUT2D eigenvalue weighted by molar-refractivity contribution is 7.15. The number of carbonyl (C=O) groups excluding carboxylic acids is 1. The minimum Gasteiger partial charge on any atom is -0.489 e. The highest BCUT2D eigenvalue weighted by Crippen LogP contribution is 2.38. The molecule has 8 nitrogen and oxygen atoms in total. The van der Waals surface area contributed by atoms with Crippen molar-refractivity contribution in [3.8, 4) is 27.9 Å². The molecule has 0 spiro atoms. The highest BCUT2D eigenvalue weighted by Gasteiger charge is 2.21. The number of thiophene rings is 1. The molecule has 2 aromatic heterocycles. The quantitative estimate of drug-likeness (QED) is 0.378. The van der Waals surface area contributed by atoms with E-state index in [-0.39, 0.29) is 13.2 Å². The maximum atomic E-state index is 11.1. The van der Waals surface area contributed by atoms with Crippen LogP contribution in [0.2, 0.25) is 5.02 Å². The van der Waals surface area contributed by atoms with Crippen LogP contribution in [-0.2, 0) is 11.2 Å². The molecule has 0 bridgehead atoms. The maximum absolute atomic E-state index is 11.1. The van der Waals surface area contributed by atoms with E-state index in [0.29, 0.717) is 34.0 Å². The van der Waals surface area contributed by atoms with Gasteiger partial charge in [-0.25, -0.2) is 0 Å². The first-order chi connectivity index (χ1) is 16.1. The number of aryl methyl sites for hydroxylation is 2. The van der Waals surface area contributed by atoms with Gasteiger partial charge in [-0.1, -0.05) is 30.6 Å². The van der Waals surface area contributed by atoms with Crippen molar-refractivity contribution in [1.82, 2.24) is 15.5 Å². The number of aromatic nitrogens is 2. The van der Waals surface area contributed by atoms with Crippen LogP contribution in [0.15, 0.2) is 16.7 Å². The van der Waals surface area contributed by atoms with Gasteiger partial charge in [-0.05, 0) is 61.9 Å². The number of benzene rings is 1. The zero-order valence-electron chi connectivity index (χ0n) is 19.9. The molecule has 0 aliphatic carbocycles. The first-order valence-corrected chi connectivity index (χ1v) is 12.2. The SMILES string of the molecule is Cc1cc(-c2noc(-c3sc(C)c(CC(C)C)c3C)n2)cc(Cl)c1OCC(O)CNC(=O)CO. The molecule has 0 fully saturated rings. The van der Waals surface area contributed by atoms with Crippen LogP contribution in [0.25, 0.3) is 22.2 Å². The number of aliphatic hydroxyl groups is 2. The molecule has 1 atom stereocenters. The highest BCUT2D eigenvalue weighted by atomic mass is 35.5. The molecular formula is C24H30ClN3O5S. The number of hydrogen-bond acceptors (Lipinski definition) is 8. The fourth-order valence-electron chi connectivity index (χ4n) is 3.60. The van der Waals surface area contributed by atoms with Crippen LogP contribution in [0.3, 0.4) is 0 Å². The number of nitrogens with one attached hydrogen (secondary N) is 1. The van der Waals surface area contributed by atoms with Crippen molar-refractivity contribution in [3.05, 3.63) is 38.7 Å². The number of halogens is 1. The Morgan fingerprint density at radius 3 is 2.68 bits per heavy atom.